The molecule has 0 aliphatic carbocycles. The molecule has 0 saturated carbocycles. The molecule has 1 rings (SSSR count). The van der Waals surface area contributed by atoms with Crippen LogP contribution < -0.4 is 16.6 Å². The minimum atomic E-state index is -1.82. The van der Waals surface area contributed by atoms with Crippen molar-refractivity contribution < 1.29 is 24.9 Å². The lowest BCUT2D eigenvalue weighted by Gasteiger charge is -2.10. The van der Waals surface area contributed by atoms with Crippen molar-refractivity contribution >= 4 is 11.9 Å². The van der Waals surface area contributed by atoms with E-state index in [2.05, 4.69) is 5.32 Å². The predicted molar refractivity (Wildman–Crippen MR) is 89.8 cm³/mol. The number of nitrogens with zero attached hydrogens (tertiary/aromatic N) is 2. The zero-order chi connectivity index (χ0) is 19.4. The molecule has 0 amide bonds. The third-order valence-corrected chi connectivity index (χ3v) is 3.31. The number of carbonyl (C=O) groups is 2. The lowest BCUT2D eigenvalue weighted by atomic mass is 10.2. The second kappa shape index (κ2) is 12.0. The topological polar surface area (TPSA) is 151 Å². The van der Waals surface area contributed by atoms with Gasteiger partial charge in [-0.25, -0.2) is 14.4 Å². The first kappa shape index (κ1) is 22.5. The number of aliphatic hydroxyl groups is 1. The highest BCUT2D eigenvalue weighted by atomic mass is 16.4. The van der Waals surface area contributed by atoms with Gasteiger partial charge in [0.25, 0.3) is 5.56 Å². The van der Waals surface area contributed by atoms with Crippen LogP contribution in [0.5, 0.6) is 0 Å². The van der Waals surface area contributed by atoms with Gasteiger partial charge < -0.3 is 20.6 Å². The monoisotopic (exact) mass is 359 g/mol. The number of nitrogens with one attached hydrogen (secondary N) is 1. The molecule has 25 heavy (non-hydrogen) atoms. The molecule has 0 aliphatic rings. The molecule has 10 heteroatoms. The average molecular weight is 359 g/mol. The van der Waals surface area contributed by atoms with E-state index in [9.17, 15) is 9.59 Å². The Kier molecular flexibility index (Phi) is 10.8. The molecule has 142 valence electrons. The van der Waals surface area contributed by atoms with E-state index in [-0.39, 0.29) is 17.9 Å². The van der Waals surface area contributed by atoms with Crippen LogP contribution in [0.25, 0.3) is 0 Å². The van der Waals surface area contributed by atoms with Crippen LogP contribution in [0.1, 0.15) is 25.0 Å². The summed E-state index contributed by atoms with van der Waals surface area (Å²) in [7, 11) is 1.50. The fourth-order valence-electron chi connectivity index (χ4n) is 1.95. The fourth-order valence-corrected chi connectivity index (χ4v) is 1.95. The molecule has 0 aromatic carbocycles. The summed E-state index contributed by atoms with van der Waals surface area (Å²) in [6.45, 7) is 4.08. The van der Waals surface area contributed by atoms with Crippen LogP contribution in [0.4, 0.5) is 0 Å². The molecular formula is C15H25N3O7. The van der Waals surface area contributed by atoms with Gasteiger partial charge in [0.1, 0.15) is 0 Å². The molecule has 10 nitrogen and oxygen atoms in total. The fraction of sp³-hybridized carbons (Fsp3) is 0.600. The quantitative estimate of drug-likeness (QED) is 0.332. The van der Waals surface area contributed by atoms with E-state index in [0.29, 0.717) is 18.8 Å². The Morgan fingerprint density at radius 1 is 1.08 bits per heavy atom. The van der Waals surface area contributed by atoms with E-state index in [1.54, 1.807) is 11.5 Å². The van der Waals surface area contributed by atoms with Crippen LogP contribution in [0.3, 0.4) is 0 Å². The number of hydrogen-bond acceptors (Lipinski definition) is 6. The number of carboxylic acids is 2. The molecule has 1 aromatic heterocycles. The summed E-state index contributed by atoms with van der Waals surface area (Å²) in [5.41, 5.74) is 0.210. The molecule has 0 fully saturated rings. The van der Waals surface area contributed by atoms with Gasteiger partial charge in [-0.3, -0.25) is 13.9 Å². The molecule has 4 N–H and O–H groups in total. The molecule has 1 aromatic rings. The predicted octanol–water partition coefficient (Wildman–Crippen LogP) is -1.24. The molecule has 0 bridgehead atoms. The number of aliphatic hydroxyl groups excluding tert-OH is 1. The largest absolute Gasteiger partial charge is 0.473 e. The van der Waals surface area contributed by atoms with E-state index in [1.807, 2.05) is 0 Å². The third-order valence-electron chi connectivity index (χ3n) is 3.31. The van der Waals surface area contributed by atoms with Crippen molar-refractivity contribution in [2.45, 2.75) is 32.7 Å². The van der Waals surface area contributed by atoms with Crippen molar-refractivity contribution in [2.75, 3.05) is 19.7 Å². The normalized spacial score (nSPS) is 10.0. The number of carboxylic acid groups (broad SMARTS) is 2. The maximum absolute atomic E-state index is 11.9. The summed E-state index contributed by atoms with van der Waals surface area (Å²) in [6, 6.07) is 1.49. The van der Waals surface area contributed by atoms with Gasteiger partial charge in [-0.2, -0.15) is 0 Å². The number of rotatable bonds is 8. The van der Waals surface area contributed by atoms with Gasteiger partial charge in [0.15, 0.2) is 0 Å². The number of aromatic nitrogens is 2. The summed E-state index contributed by atoms with van der Waals surface area (Å²) in [4.78, 5) is 41.5. The van der Waals surface area contributed by atoms with Gasteiger partial charge in [-0.15, -0.1) is 0 Å². The Labute approximate surface area is 144 Å². The van der Waals surface area contributed by atoms with E-state index < -0.39 is 11.9 Å². The SMILES string of the molecule is Cc1cc(=O)n(C)c(=O)n1CCCCCNCCO.O=C(O)C(=O)O. The summed E-state index contributed by atoms with van der Waals surface area (Å²) in [5, 5.41) is 26.5. The molecule has 0 aliphatic heterocycles. The van der Waals surface area contributed by atoms with Gasteiger partial charge >= 0.3 is 17.6 Å². The summed E-state index contributed by atoms with van der Waals surface area (Å²) in [6.07, 6.45) is 2.92. The Bertz CT molecular complexity index is 667. The van der Waals surface area contributed by atoms with Crippen molar-refractivity contribution in [3.63, 3.8) is 0 Å². The molecule has 1 heterocycles. The van der Waals surface area contributed by atoms with E-state index in [0.717, 1.165) is 30.4 Å². The lowest BCUT2D eigenvalue weighted by molar-refractivity contribution is -0.159. The van der Waals surface area contributed by atoms with Crippen molar-refractivity contribution in [3.05, 3.63) is 32.6 Å². The van der Waals surface area contributed by atoms with Crippen LogP contribution in [-0.4, -0.2) is 56.1 Å². The second-order valence-corrected chi connectivity index (χ2v) is 5.26. The van der Waals surface area contributed by atoms with Crippen molar-refractivity contribution in [2.24, 2.45) is 7.05 Å². The number of unbranched alkanes of at least 4 members (excludes halogenated alkanes) is 2. The third kappa shape index (κ3) is 8.82. The van der Waals surface area contributed by atoms with Crippen LogP contribution in [0.2, 0.25) is 0 Å². The zero-order valence-corrected chi connectivity index (χ0v) is 14.4. The number of hydrogen-bond donors (Lipinski definition) is 4. The molecule has 0 spiro atoms. The first-order chi connectivity index (χ1) is 11.7. The van der Waals surface area contributed by atoms with Crippen molar-refractivity contribution in [1.29, 1.82) is 0 Å². The Morgan fingerprint density at radius 3 is 2.20 bits per heavy atom. The van der Waals surface area contributed by atoms with Gasteiger partial charge in [0.05, 0.1) is 6.61 Å². The van der Waals surface area contributed by atoms with E-state index >= 15 is 0 Å². The molecule has 0 saturated heterocycles. The number of aryl methyl sites for hydroxylation is 1. The van der Waals surface area contributed by atoms with Crippen molar-refractivity contribution in [1.82, 2.24) is 14.5 Å². The molecular weight excluding hydrogens is 334 g/mol. The smallest absolute Gasteiger partial charge is 0.414 e. The lowest BCUT2D eigenvalue weighted by Crippen LogP contribution is -2.38. The van der Waals surface area contributed by atoms with E-state index in [1.165, 1.54) is 13.1 Å². The molecule has 0 atom stereocenters. The maximum Gasteiger partial charge on any atom is 0.414 e. The Morgan fingerprint density at radius 2 is 1.68 bits per heavy atom. The summed E-state index contributed by atoms with van der Waals surface area (Å²) in [5.74, 6) is -3.65. The van der Waals surface area contributed by atoms with E-state index in [4.69, 9.17) is 24.9 Å². The zero-order valence-electron chi connectivity index (χ0n) is 14.4. The minimum absolute atomic E-state index is 0.159. The van der Waals surface area contributed by atoms with Gasteiger partial charge in [-0.1, -0.05) is 6.42 Å². The highest BCUT2D eigenvalue weighted by Gasteiger charge is 2.05. The average Bonchev–Trinajstić information content (AvgIpc) is 2.55. The Hall–Kier alpha value is -2.46. The van der Waals surface area contributed by atoms with Gasteiger partial charge in [0, 0.05) is 31.9 Å². The summed E-state index contributed by atoms with van der Waals surface area (Å²) >= 11 is 0. The molecule has 0 radical (unpaired) electrons. The number of aliphatic carboxylic acids is 2. The van der Waals surface area contributed by atoms with Gasteiger partial charge in [-0.05, 0) is 26.3 Å². The molecule has 0 unspecified atom stereocenters. The van der Waals surface area contributed by atoms with Crippen LogP contribution in [0, 0.1) is 6.92 Å². The minimum Gasteiger partial charge on any atom is -0.473 e. The first-order valence-electron chi connectivity index (χ1n) is 7.77. The summed E-state index contributed by atoms with van der Waals surface area (Å²) < 4.78 is 2.78. The van der Waals surface area contributed by atoms with Crippen molar-refractivity contribution in [3.8, 4) is 0 Å². The highest BCUT2D eigenvalue weighted by molar-refractivity contribution is 6.27. The van der Waals surface area contributed by atoms with Crippen LogP contribution in [-0.2, 0) is 23.2 Å². The highest BCUT2D eigenvalue weighted by Crippen LogP contribution is 1.99. The van der Waals surface area contributed by atoms with Crippen LogP contribution in [0.15, 0.2) is 15.7 Å². The van der Waals surface area contributed by atoms with Gasteiger partial charge in [0.2, 0.25) is 0 Å². The maximum atomic E-state index is 11.9. The second-order valence-electron chi connectivity index (χ2n) is 5.26. The van der Waals surface area contributed by atoms with Crippen LogP contribution >= 0.6 is 0 Å². The first-order valence-corrected chi connectivity index (χ1v) is 7.77. The standard InChI is InChI=1S/C13H23N3O3.C2H2O4/c1-11-10-12(18)15(2)13(19)16(11)8-5-3-4-6-14-7-9-17;3-1(4)2(5)6/h10,14,17H,3-9H2,1-2H3;(H,3,4)(H,5,6). The Balaban J connectivity index is 0.000000823.